The van der Waals surface area contributed by atoms with Crippen LogP contribution in [0.15, 0.2) is 28.7 Å². The first-order valence-corrected chi connectivity index (χ1v) is 6.95. The normalized spacial score (nSPS) is 21.4. The summed E-state index contributed by atoms with van der Waals surface area (Å²) in [5, 5.41) is 6.91. The summed E-state index contributed by atoms with van der Waals surface area (Å²) in [5.41, 5.74) is 1.19. The van der Waals surface area contributed by atoms with E-state index in [-0.39, 0.29) is 0 Å². The number of hydrogen-bond donors (Lipinski definition) is 2. The molecule has 4 heteroatoms. The van der Waals surface area contributed by atoms with Crippen LogP contribution in [0.5, 0.6) is 0 Å². The van der Waals surface area contributed by atoms with Crippen LogP contribution in [0.2, 0.25) is 0 Å². The lowest BCUT2D eigenvalue weighted by Crippen LogP contribution is -2.49. The molecule has 1 fully saturated rings. The van der Waals surface area contributed by atoms with Crippen LogP contribution in [0, 0.1) is 0 Å². The van der Waals surface area contributed by atoms with Gasteiger partial charge in [0.1, 0.15) is 0 Å². The predicted molar refractivity (Wildman–Crippen MR) is 76.5 cm³/mol. The zero-order chi connectivity index (χ0) is 12.1. The highest BCUT2D eigenvalue weighted by Crippen LogP contribution is 2.15. The molecule has 1 aliphatic rings. The molecule has 1 saturated heterocycles. The van der Waals surface area contributed by atoms with Crippen LogP contribution in [0.1, 0.15) is 6.42 Å². The Labute approximate surface area is 112 Å². The van der Waals surface area contributed by atoms with E-state index in [0.29, 0.717) is 6.04 Å². The van der Waals surface area contributed by atoms with Crippen molar-refractivity contribution in [3.8, 4) is 0 Å². The molecule has 0 bridgehead atoms. The Morgan fingerprint density at radius 1 is 1.53 bits per heavy atom. The molecule has 1 heterocycles. The van der Waals surface area contributed by atoms with Gasteiger partial charge in [0.2, 0.25) is 0 Å². The molecule has 1 aromatic carbocycles. The zero-order valence-corrected chi connectivity index (χ0v) is 11.8. The summed E-state index contributed by atoms with van der Waals surface area (Å²) in [7, 11) is 2.21. The second kappa shape index (κ2) is 6.38. The minimum atomic E-state index is 0.656. The summed E-state index contributed by atoms with van der Waals surface area (Å²) in [5.74, 6) is 0. The number of likely N-dealkylation sites (N-methyl/N-ethyl adjacent to an activating group) is 1. The summed E-state index contributed by atoms with van der Waals surface area (Å²) in [6, 6.07) is 8.98. The maximum atomic E-state index is 3.48. The first kappa shape index (κ1) is 12.9. The molecule has 1 aliphatic heterocycles. The van der Waals surface area contributed by atoms with Crippen LogP contribution in [0.25, 0.3) is 0 Å². The number of halogens is 1. The van der Waals surface area contributed by atoms with Gasteiger partial charge in [-0.2, -0.15) is 0 Å². The Kier molecular flexibility index (Phi) is 4.83. The number of hydrogen-bond acceptors (Lipinski definition) is 3. The summed E-state index contributed by atoms with van der Waals surface area (Å²) < 4.78 is 1.12. The molecule has 0 aliphatic carbocycles. The van der Waals surface area contributed by atoms with Crippen LogP contribution in [0.4, 0.5) is 5.69 Å². The van der Waals surface area contributed by atoms with E-state index in [9.17, 15) is 0 Å². The summed E-state index contributed by atoms with van der Waals surface area (Å²) in [6.45, 7) is 4.40. The van der Waals surface area contributed by atoms with Crippen molar-refractivity contribution in [2.45, 2.75) is 12.5 Å². The predicted octanol–water partition coefficient (Wildman–Crippen LogP) is 2.15. The Balaban J connectivity index is 1.75. The molecule has 0 saturated carbocycles. The van der Waals surface area contributed by atoms with Crippen LogP contribution in [-0.2, 0) is 0 Å². The Hall–Kier alpha value is -0.580. The molecule has 0 amide bonds. The molecule has 94 valence electrons. The second-order valence-corrected chi connectivity index (χ2v) is 5.48. The van der Waals surface area contributed by atoms with E-state index < -0.39 is 0 Å². The van der Waals surface area contributed by atoms with Crippen molar-refractivity contribution < 1.29 is 0 Å². The van der Waals surface area contributed by atoms with E-state index in [1.54, 1.807) is 0 Å². The number of rotatable bonds is 4. The molecule has 1 unspecified atom stereocenters. The first-order chi connectivity index (χ1) is 8.25. The van der Waals surface area contributed by atoms with Gasteiger partial charge in [-0.25, -0.2) is 0 Å². The average molecular weight is 298 g/mol. The Morgan fingerprint density at radius 3 is 3.18 bits per heavy atom. The van der Waals surface area contributed by atoms with Gasteiger partial charge in [-0.3, -0.25) is 0 Å². The summed E-state index contributed by atoms with van der Waals surface area (Å²) >= 11 is 3.48. The van der Waals surface area contributed by atoms with Gasteiger partial charge in [-0.05, 0) is 31.7 Å². The molecular formula is C13H20BrN3. The third-order valence-electron chi connectivity index (χ3n) is 3.28. The van der Waals surface area contributed by atoms with E-state index in [2.05, 4.69) is 56.7 Å². The van der Waals surface area contributed by atoms with Crippen molar-refractivity contribution in [2.75, 3.05) is 38.5 Å². The van der Waals surface area contributed by atoms with Crippen LogP contribution in [0.3, 0.4) is 0 Å². The van der Waals surface area contributed by atoms with Gasteiger partial charge in [0, 0.05) is 42.4 Å². The molecule has 17 heavy (non-hydrogen) atoms. The number of nitrogens with one attached hydrogen (secondary N) is 2. The Morgan fingerprint density at radius 2 is 2.41 bits per heavy atom. The van der Waals surface area contributed by atoms with Gasteiger partial charge < -0.3 is 15.5 Å². The lowest BCUT2D eigenvalue weighted by Gasteiger charge is -2.33. The third-order valence-corrected chi connectivity index (χ3v) is 3.77. The van der Waals surface area contributed by atoms with Crippen molar-refractivity contribution in [1.82, 2.24) is 10.2 Å². The fourth-order valence-corrected chi connectivity index (χ4v) is 2.57. The summed E-state index contributed by atoms with van der Waals surface area (Å²) in [4.78, 5) is 2.44. The minimum Gasteiger partial charge on any atom is -0.385 e. The quantitative estimate of drug-likeness (QED) is 0.892. The molecule has 0 spiro atoms. The highest BCUT2D eigenvalue weighted by atomic mass is 79.9. The molecule has 0 aromatic heterocycles. The largest absolute Gasteiger partial charge is 0.385 e. The SMILES string of the molecule is CN1CCNCC1CCNc1cccc(Br)c1. The first-order valence-electron chi connectivity index (χ1n) is 6.16. The molecule has 2 N–H and O–H groups in total. The van der Waals surface area contributed by atoms with Gasteiger partial charge in [0.05, 0.1) is 0 Å². The third kappa shape index (κ3) is 3.98. The van der Waals surface area contributed by atoms with Crippen LogP contribution < -0.4 is 10.6 Å². The van der Waals surface area contributed by atoms with E-state index in [4.69, 9.17) is 0 Å². The number of piperazine rings is 1. The molecule has 3 nitrogen and oxygen atoms in total. The van der Waals surface area contributed by atoms with Crippen LogP contribution >= 0.6 is 15.9 Å². The lowest BCUT2D eigenvalue weighted by atomic mass is 10.1. The van der Waals surface area contributed by atoms with Crippen molar-refractivity contribution in [3.63, 3.8) is 0 Å². The van der Waals surface area contributed by atoms with Crippen molar-refractivity contribution >= 4 is 21.6 Å². The maximum absolute atomic E-state index is 3.48. The van der Waals surface area contributed by atoms with Gasteiger partial charge in [0.25, 0.3) is 0 Å². The van der Waals surface area contributed by atoms with Crippen molar-refractivity contribution in [1.29, 1.82) is 0 Å². The molecule has 2 rings (SSSR count). The van der Waals surface area contributed by atoms with Crippen molar-refractivity contribution in [3.05, 3.63) is 28.7 Å². The van der Waals surface area contributed by atoms with E-state index in [1.807, 2.05) is 6.07 Å². The number of benzene rings is 1. The standard InChI is InChI=1S/C13H20BrN3/c1-17-8-7-15-10-13(17)5-6-16-12-4-2-3-11(14)9-12/h2-4,9,13,15-16H,5-8,10H2,1H3. The van der Waals surface area contributed by atoms with Gasteiger partial charge in [-0.15, -0.1) is 0 Å². The second-order valence-electron chi connectivity index (χ2n) is 4.56. The fourth-order valence-electron chi connectivity index (χ4n) is 2.17. The Bertz CT molecular complexity index is 356. The van der Waals surface area contributed by atoms with E-state index >= 15 is 0 Å². The van der Waals surface area contributed by atoms with Gasteiger partial charge in [0.15, 0.2) is 0 Å². The fraction of sp³-hybridized carbons (Fsp3) is 0.538. The lowest BCUT2D eigenvalue weighted by molar-refractivity contribution is 0.194. The summed E-state index contributed by atoms with van der Waals surface area (Å²) in [6.07, 6.45) is 1.18. The number of nitrogens with zero attached hydrogens (tertiary/aromatic N) is 1. The van der Waals surface area contributed by atoms with E-state index in [1.165, 1.54) is 12.1 Å². The maximum Gasteiger partial charge on any atom is 0.0351 e. The topological polar surface area (TPSA) is 27.3 Å². The molecule has 1 aromatic rings. The average Bonchev–Trinajstić information content (AvgIpc) is 2.32. The van der Waals surface area contributed by atoms with Crippen molar-refractivity contribution in [2.24, 2.45) is 0 Å². The minimum absolute atomic E-state index is 0.656. The highest BCUT2D eigenvalue weighted by Gasteiger charge is 2.17. The van der Waals surface area contributed by atoms with E-state index in [0.717, 1.165) is 30.7 Å². The molecule has 0 radical (unpaired) electrons. The zero-order valence-electron chi connectivity index (χ0n) is 10.2. The van der Waals surface area contributed by atoms with Gasteiger partial charge in [-0.1, -0.05) is 22.0 Å². The molecule has 1 atom stereocenters. The molecular weight excluding hydrogens is 278 g/mol. The smallest absolute Gasteiger partial charge is 0.0351 e. The number of anilines is 1. The van der Waals surface area contributed by atoms with Crippen LogP contribution in [-0.4, -0.2) is 44.2 Å². The monoisotopic (exact) mass is 297 g/mol. The highest BCUT2D eigenvalue weighted by molar-refractivity contribution is 9.10. The van der Waals surface area contributed by atoms with Gasteiger partial charge >= 0.3 is 0 Å².